The van der Waals surface area contributed by atoms with Crippen molar-refractivity contribution in [3.8, 4) is 0 Å². The third kappa shape index (κ3) is 4.84. The number of fused-ring (bicyclic) bond motifs is 1. The molecular weight excluding hydrogens is 360 g/mol. The molecule has 0 amide bonds. The van der Waals surface area contributed by atoms with E-state index in [1.54, 1.807) is 0 Å². The summed E-state index contributed by atoms with van der Waals surface area (Å²) >= 11 is 0. The molecule has 0 bridgehead atoms. The van der Waals surface area contributed by atoms with Gasteiger partial charge in [0.05, 0.1) is 18.0 Å². The maximum atomic E-state index is 12.0. The molecule has 0 spiro atoms. The van der Waals surface area contributed by atoms with Crippen LogP contribution < -0.4 is 4.31 Å². The van der Waals surface area contributed by atoms with Crippen LogP contribution in [0.15, 0.2) is 18.2 Å². The normalized spacial score (nSPS) is 21.1. The number of aliphatic hydroxyl groups is 1. The van der Waals surface area contributed by atoms with Crippen molar-refractivity contribution >= 4 is 15.7 Å². The summed E-state index contributed by atoms with van der Waals surface area (Å²) in [6.07, 6.45) is 4.77. The Morgan fingerprint density at radius 3 is 2.44 bits per heavy atom. The fraction of sp³-hybridized carbons (Fsp3) is 0.714. The maximum absolute atomic E-state index is 12.0. The van der Waals surface area contributed by atoms with E-state index in [1.807, 2.05) is 18.2 Å². The Morgan fingerprint density at radius 1 is 1.19 bits per heavy atom. The molecule has 5 nitrogen and oxygen atoms in total. The zero-order chi connectivity index (χ0) is 19.8. The van der Waals surface area contributed by atoms with Gasteiger partial charge in [-0.1, -0.05) is 32.9 Å². The molecule has 1 N–H and O–H groups in total. The summed E-state index contributed by atoms with van der Waals surface area (Å²) in [5.74, 6) is 0.747. The quantitative estimate of drug-likeness (QED) is 0.852. The van der Waals surface area contributed by atoms with Crippen molar-refractivity contribution in [2.45, 2.75) is 52.6 Å². The van der Waals surface area contributed by atoms with Crippen LogP contribution in [0.5, 0.6) is 0 Å². The van der Waals surface area contributed by atoms with Gasteiger partial charge in [0.25, 0.3) is 0 Å². The zero-order valence-electron chi connectivity index (χ0n) is 17.1. The Morgan fingerprint density at radius 2 is 1.85 bits per heavy atom. The predicted octanol–water partition coefficient (Wildman–Crippen LogP) is 3.19. The molecule has 0 radical (unpaired) electrons. The monoisotopic (exact) mass is 394 g/mol. The number of hydrogen-bond donors (Lipinski definition) is 1. The molecule has 3 rings (SSSR count). The van der Waals surface area contributed by atoms with Crippen LogP contribution in [0.4, 0.5) is 5.69 Å². The lowest BCUT2D eigenvalue weighted by atomic mass is 9.75. The zero-order valence-corrected chi connectivity index (χ0v) is 17.9. The van der Waals surface area contributed by atoms with Crippen molar-refractivity contribution in [1.29, 1.82) is 0 Å². The van der Waals surface area contributed by atoms with E-state index >= 15 is 0 Å². The maximum Gasteiger partial charge on any atom is 0.232 e. The van der Waals surface area contributed by atoms with E-state index in [0.29, 0.717) is 18.5 Å². The number of aliphatic hydroxyl groups excluding tert-OH is 1. The molecule has 2 aliphatic rings. The van der Waals surface area contributed by atoms with Gasteiger partial charge in [0.2, 0.25) is 10.0 Å². The molecule has 1 saturated heterocycles. The van der Waals surface area contributed by atoms with E-state index in [-0.39, 0.29) is 0 Å². The molecule has 2 heterocycles. The second-order valence-corrected chi connectivity index (χ2v) is 11.2. The minimum atomic E-state index is -3.25. The van der Waals surface area contributed by atoms with Crippen molar-refractivity contribution in [2.24, 2.45) is 11.3 Å². The van der Waals surface area contributed by atoms with Gasteiger partial charge in [-0.3, -0.25) is 4.31 Å². The highest BCUT2D eigenvalue weighted by molar-refractivity contribution is 7.92. The third-order valence-electron chi connectivity index (χ3n) is 6.21. The third-order valence-corrected chi connectivity index (χ3v) is 7.39. The van der Waals surface area contributed by atoms with E-state index in [2.05, 4.69) is 25.7 Å². The molecule has 152 valence electrons. The summed E-state index contributed by atoms with van der Waals surface area (Å²) in [6.45, 7) is 10.2. The van der Waals surface area contributed by atoms with Gasteiger partial charge in [0.1, 0.15) is 0 Å². The highest BCUT2D eigenvalue weighted by Crippen LogP contribution is 2.35. The second-order valence-electron chi connectivity index (χ2n) is 9.28. The van der Waals surface area contributed by atoms with Gasteiger partial charge < -0.3 is 10.0 Å². The molecule has 27 heavy (non-hydrogen) atoms. The number of rotatable bonds is 4. The first-order valence-corrected chi connectivity index (χ1v) is 11.9. The fourth-order valence-electron chi connectivity index (χ4n) is 4.47. The first-order chi connectivity index (χ1) is 12.6. The number of benzene rings is 1. The Kier molecular flexibility index (Phi) is 5.90. The summed E-state index contributed by atoms with van der Waals surface area (Å²) in [7, 11) is -3.25. The number of nitrogens with zero attached hydrogens (tertiary/aromatic N) is 2. The molecule has 1 fully saturated rings. The number of β-amino-alcohol motifs (C(OH)–C–C–N with tert-alkyl or cyclic N) is 1. The largest absolute Gasteiger partial charge is 0.387 e. The smallest absolute Gasteiger partial charge is 0.232 e. The van der Waals surface area contributed by atoms with Gasteiger partial charge in [0.15, 0.2) is 0 Å². The van der Waals surface area contributed by atoms with E-state index in [1.165, 1.54) is 23.4 Å². The van der Waals surface area contributed by atoms with Crippen LogP contribution in [0, 0.1) is 11.3 Å². The van der Waals surface area contributed by atoms with Crippen molar-refractivity contribution in [2.75, 3.05) is 36.7 Å². The molecule has 0 saturated carbocycles. The summed E-state index contributed by atoms with van der Waals surface area (Å²) in [4.78, 5) is 2.36. The lowest BCUT2D eigenvalue weighted by Crippen LogP contribution is -2.40. The summed E-state index contributed by atoms with van der Waals surface area (Å²) in [5.41, 5.74) is 3.04. The molecule has 6 heteroatoms. The van der Waals surface area contributed by atoms with E-state index in [9.17, 15) is 13.5 Å². The lowest BCUT2D eigenvalue weighted by molar-refractivity contribution is 0.0653. The van der Waals surface area contributed by atoms with Crippen molar-refractivity contribution < 1.29 is 13.5 Å². The van der Waals surface area contributed by atoms with Gasteiger partial charge in [0, 0.05) is 13.1 Å². The van der Waals surface area contributed by atoms with Crippen molar-refractivity contribution in [1.82, 2.24) is 4.90 Å². The van der Waals surface area contributed by atoms with E-state index < -0.39 is 16.1 Å². The van der Waals surface area contributed by atoms with Crippen LogP contribution in [-0.2, 0) is 16.4 Å². The van der Waals surface area contributed by atoms with Crippen LogP contribution in [0.1, 0.15) is 57.3 Å². The van der Waals surface area contributed by atoms with Gasteiger partial charge in [-0.25, -0.2) is 8.42 Å². The molecule has 1 aromatic rings. The van der Waals surface area contributed by atoms with Crippen molar-refractivity contribution in [3.63, 3.8) is 0 Å². The van der Waals surface area contributed by atoms with E-state index in [0.717, 1.165) is 48.7 Å². The fourth-order valence-corrected chi connectivity index (χ4v) is 5.46. The minimum Gasteiger partial charge on any atom is -0.387 e. The Labute approximate surface area is 164 Å². The highest BCUT2D eigenvalue weighted by Gasteiger charge is 2.30. The van der Waals surface area contributed by atoms with E-state index in [4.69, 9.17) is 0 Å². The Bertz CT molecular complexity index is 762. The predicted molar refractivity (Wildman–Crippen MR) is 111 cm³/mol. The minimum absolute atomic E-state index is 0.356. The van der Waals surface area contributed by atoms with Gasteiger partial charge in [-0.2, -0.15) is 0 Å². The molecule has 0 aliphatic carbocycles. The van der Waals surface area contributed by atoms with Crippen LogP contribution in [0.3, 0.4) is 0 Å². The average Bonchev–Trinajstić information content (AvgIpc) is 2.59. The average molecular weight is 395 g/mol. The first-order valence-electron chi connectivity index (χ1n) is 10.1. The van der Waals surface area contributed by atoms with Crippen LogP contribution in [-0.4, -0.2) is 50.9 Å². The van der Waals surface area contributed by atoms with Crippen LogP contribution in [0.2, 0.25) is 0 Å². The molecule has 0 aromatic heterocycles. The van der Waals surface area contributed by atoms with Gasteiger partial charge >= 0.3 is 0 Å². The van der Waals surface area contributed by atoms with Crippen molar-refractivity contribution in [3.05, 3.63) is 29.3 Å². The number of likely N-dealkylation sites (tertiary alicyclic amines) is 1. The summed E-state index contributed by atoms with van der Waals surface area (Å²) in [5, 5.41) is 10.8. The number of sulfonamides is 1. The first kappa shape index (κ1) is 20.6. The highest BCUT2D eigenvalue weighted by atomic mass is 32.2. The SMILES string of the molecule is CC(C)(C)C1CCN(C[C@@H](O)c2ccc3c(c2)CCCN3S(C)(=O)=O)CC1. The van der Waals surface area contributed by atoms with Gasteiger partial charge in [-0.15, -0.1) is 0 Å². The molecular formula is C21H34N2O3S. The second kappa shape index (κ2) is 7.72. The molecule has 2 aliphatic heterocycles. The number of anilines is 1. The summed E-state index contributed by atoms with van der Waals surface area (Å²) in [6, 6.07) is 5.74. The number of piperidine rings is 1. The lowest BCUT2D eigenvalue weighted by Gasteiger charge is -2.39. The van der Waals surface area contributed by atoms with Gasteiger partial charge in [-0.05, 0) is 67.3 Å². The molecule has 1 aromatic carbocycles. The van der Waals surface area contributed by atoms with Crippen LogP contribution in [0.25, 0.3) is 0 Å². The number of aryl methyl sites for hydroxylation is 1. The molecule has 1 atom stereocenters. The topological polar surface area (TPSA) is 60.9 Å². The number of hydrogen-bond acceptors (Lipinski definition) is 4. The summed E-state index contributed by atoms with van der Waals surface area (Å²) < 4.78 is 25.5. The Hall–Kier alpha value is -1.11. The van der Waals surface area contributed by atoms with Crippen LogP contribution >= 0.6 is 0 Å². The molecule has 0 unspecified atom stereocenters. The Balaban J connectivity index is 1.66. The standard InChI is InChI=1S/C21H34N2O3S/c1-21(2,3)18-9-12-22(13-10-18)15-20(24)17-7-8-19-16(14-17)6-5-11-23(19)27(4,25)26/h7-8,14,18,20,24H,5-6,9-13,15H2,1-4H3/t20-/m1/s1.